The molecule has 0 amide bonds. The number of aryl methyl sites for hydroxylation is 2. The lowest BCUT2D eigenvalue weighted by atomic mass is 10.1. The van der Waals surface area contributed by atoms with Crippen LogP contribution < -0.4 is 10.2 Å². The van der Waals surface area contributed by atoms with E-state index in [2.05, 4.69) is 37.1 Å². The summed E-state index contributed by atoms with van der Waals surface area (Å²) in [6.45, 7) is 12.0. The second-order valence-corrected chi connectivity index (χ2v) is 6.65. The smallest absolute Gasteiger partial charge is 0.173 e. The Morgan fingerprint density at radius 3 is 2.57 bits per heavy atom. The third-order valence-corrected chi connectivity index (χ3v) is 4.68. The molecular weight excluding hydrogens is 302 g/mol. The van der Waals surface area contributed by atoms with Gasteiger partial charge in [-0.1, -0.05) is 24.6 Å². The Bertz CT molecular complexity index is 487. The zero-order valence-corrected chi connectivity index (χ0v) is 14.7. The quantitative estimate of drug-likeness (QED) is 0.831. The first-order chi connectivity index (χ1) is 10.0. The largest absolute Gasteiger partial charge is 0.338 e. The van der Waals surface area contributed by atoms with Crippen molar-refractivity contribution >= 4 is 34.6 Å². The van der Waals surface area contributed by atoms with Crippen LogP contribution in [0.1, 0.15) is 24.5 Å². The highest BCUT2D eigenvalue weighted by atomic mass is 35.5. The molecule has 0 spiro atoms. The van der Waals surface area contributed by atoms with Gasteiger partial charge in [-0.15, -0.1) is 0 Å². The molecule has 21 heavy (non-hydrogen) atoms. The molecule has 1 aromatic carbocycles. The van der Waals surface area contributed by atoms with E-state index in [0.29, 0.717) is 0 Å². The summed E-state index contributed by atoms with van der Waals surface area (Å²) in [5, 5.41) is 4.87. The number of hydrogen-bond donors (Lipinski definition) is 2. The van der Waals surface area contributed by atoms with Gasteiger partial charge in [0.1, 0.15) is 0 Å². The molecule has 0 aliphatic carbocycles. The highest BCUT2D eigenvalue weighted by molar-refractivity contribution is 7.80. The molecule has 0 atom stereocenters. The summed E-state index contributed by atoms with van der Waals surface area (Å²) in [5.74, 6) is 0. The fourth-order valence-electron chi connectivity index (χ4n) is 2.89. The lowest BCUT2D eigenvalue weighted by molar-refractivity contribution is -0.903. The van der Waals surface area contributed by atoms with Crippen LogP contribution in [0.5, 0.6) is 0 Å². The Labute approximate surface area is 138 Å². The Balaban J connectivity index is 1.97. The number of anilines is 1. The molecule has 1 aliphatic rings. The van der Waals surface area contributed by atoms with E-state index in [0.717, 1.165) is 47.6 Å². The molecular formula is C16H25ClN3S+. The van der Waals surface area contributed by atoms with Gasteiger partial charge in [0.2, 0.25) is 0 Å². The number of piperazine rings is 1. The molecule has 0 unspecified atom stereocenters. The van der Waals surface area contributed by atoms with Crippen LogP contribution in [0.25, 0.3) is 0 Å². The maximum absolute atomic E-state index is 6.34. The summed E-state index contributed by atoms with van der Waals surface area (Å²) in [7, 11) is 0. The zero-order valence-electron chi connectivity index (χ0n) is 13.1. The third kappa shape index (κ3) is 4.31. The summed E-state index contributed by atoms with van der Waals surface area (Å²) in [4.78, 5) is 3.94. The molecule has 5 heteroatoms. The Morgan fingerprint density at radius 1 is 1.33 bits per heavy atom. The zero-order chi connectivity index (χ0) is 15.4. The number of thiocarbonyl (C=S) groups is 1. The third-order valence-electron chi connectivity index (χ3n) is 4.02. The lowest BCUT2D eigenvalue weighted by Gasteiger charge is -2.34. The highest BCUT2D eigenvalue weighted by Crippen LogP contribution is 2.27. The van der Waals surface area contributed by atoms with Crippen molar-refractivity contribution in [2.24, 2.45) is 0 Å². The predicted molar refractivity (Wildman–Crippen MR) is 94.6 cm³/mol. The van der Waals surface area contributed by atoms with Crippen molar-refractivity contribution in [1.29, 1.82) is 0 Å². The summed E-state index contributed by atoms with van der Waals surface area (Å²) < 4.78 is 0. The minimum atomic E-state index is 0.741. The Morgan fingerprint density at radius 2 is 2.00 bits per heavy atom. The minimum absolute atomic E-state index is 0.741. The minimum Gasteiger partial charge on any atom is -0.338 e. The molecule has 1 aromatic rings. The molecule has 1 aliphatic heterocycles. The van der Waals surface area contributed by atoms with Crippen LogP contribution in [0.4, 0.5) is 5.69 Å². The van der Waals surface area contributed by atoms with Gasteiger partial charge >= 0.3 is 0 Å². The molecule has 2 N–H and O–H groups in total. The molecule has 1 heterocycles. The lowest BCUT2D eigenvalue weighted by Crippen LogP contribution is -3.14. The Hall–Kier alpha value is -0.840. The standard InChI is InChI=1S/C16H24ClN3S/c1-4-5-19-6-8-20(9-7-19)16(21)18-15-13(3)10-12(2)11-14(15)17/h10-11H,4-9H2,1-3H3,(H,18,21)/p+1. The van der Waals surface area contributed by atoms with Crippen molar-refractivity contribution < 1.29 is 4.90 Å². The number of nitrogens with one attached hydrogen (secondary N) is 2. The van der Waals surface area contributed by atoms with Gasteiger partial charge in [-0.3, -0.25) is 0 Å². The van der Waals surface area contributed by atoms with Gasteiger partial charge in [-0.25, -0.2) is 0 Å². The molecule has 0 aromatic heterocycles. The molecule has 2 rings (SSSR count). The topological polar surface area (TPSA) is 19.7 Å². The van der Waals surface area contributed by atoms with Crippen LogP contribution in [0.2, 0.25) is 5.02 Å². The normalized spacial score (nSPS) is 16.1. The van der Waals surface area contributed by atoms with Crippen molar-refractivity contribution in [3.63, 3.8) is 0 Å². The predicted octanol–water partition coefficient (Wildman–Crippen LogP) is 2.26. The molecule has 0 radical (unpaired) electrons. The number of hydrogen-bond acceptors (Lipinski definition) is 1. The fraction of sp³-hybridized carbons (Fsp3) is 0.562. The van der Waals surface area contributed by atoms with E-state index < -0.39 is 0 Å². The fourth-order valence-corrected chi connectivity index (χ4v) is 3.54. The van der Waals surface area contributed by atoms with Crippen LogP contribution >= 0.6 is 23.8 Å². The van der Waals surface area contributed by atoms with Crippen molar-refractivity contribution in [2.45, 2.75) is 27.2 Å². The van der Waals surface area contributed by atoms with E-state index in [-0.39, 0.29) is 0 Å². The summed E-state index contributed by atoms with van der Waals surface area (Å²) in [6.07, 6.45) is 1.25. The maximum Gasteiger partial charge on any atom is 0.173 e. The molecule has 1 fully saturated rings. The monoisotopic (exact) mass is 326 g/mol. The maximum atomic E-state index is 6.34. The van der Waals surface area contributed by atoms with Crippen LogP contribution in [0.15, 0.2) is 12.1 Å². The average Bonchev–Trinajstić information content (AvgIpc) is 2.43. The first kappa shape index (κ1) is 16.5. The SMILES string of the molecule is CCC[NH+]1CCN(C(=S)Nc2c(C)cc(C)cc2Cl)CC1. The van der Waals surface area contributed by atoms with Crippen LogP contribution in [-0.4, -0.2) is 42.7 Å². The highest BCUT2D eigenvalue weighted by Gasteiger charge is 2.21. The summed E-state index contributed by atoms with van der Waals surface area (Å²) in [5.41, 5.74) is 3.25. The van der Waals surface area contributed by atoms with Gasteiger partial charge in [0.15, 0.2) is 5.11 Å². The van der Waals surface area contributed by atoms with Gasteiger partial charge in [0.05, 0.1) is 43.4 Å². The Kier molecular flexibility index (Phi) is 5.85. The van der Waals surface area contributed by atoms with Crippen molar-refractivity contribution in [1.82, 2.24) is 4.90 Å². The average molecular weight is 327 g/mol. The first-order valence-electron chi connectivity index (χ1n) is 7.67. The molecule has 0 bridgehead atoms. The van der Waals surface area contributed by atoms with E-state index in [1.165, 1.54) is 18.5 Å². The number of quaternary nitrogens is 1. The molecule has 3 nitrogen and oxygen atoms in total. The summed E-state index contributed by atoms with van der Waals surface area (Å²) >= 11 is 11.9. The molecule has 0 saturated carbocycles. The molecule has 116 valence electrons. The van der Waals surface area contributed by atoms with E-state index in [1.54, 1.807) is 4.90 Å². The van der Waals surface area contributed by atoms with E-state index in [9.17, 15) is 0 Å². The molecule has 1 saturated heterocycles. The van der Waals surface area contributed by atoms with Crippen LogP contribution in [0, 0.1) is 13.8 Å². The van der Waals surface area contributed by atoms with Crippen LogP contribution in [-0.2, 0) is 0 Å². The van der Waals surface area contributed by atoms with E-state index in [4.69, 9.17) is 23.8 Å². The second kappa shape index (κ2) is 7.43. The van der Waals surface area contributed by atoms with Crippen molar-refractivity contribution in [3.8, 4) is 0 Å². The van der Waals surface area contributed by atoms with E-state index in [1.807, 2.05) is 6.07 Å². The number of benzene rings is 1. The van der Waals surface area contributed by atoms with Gasteiger partial charge < -0.3 is 15.1 Å². The van der Waals surface area contributed by atoms with Crippen molar-refractivity contribution in [2.75, 3.05) is 38.0 Å². The van der Waals surface area contributed by atoms with Gasteiger partial charge in [-0.05, 0) is 49.7 Å². The first-order valence-corrected chi connectivity index (χ1v) is 8.46. The number of rotatable bonds is 3. The summed E-state index contributed by atoms with van der Waals surface area (Å²) in [6, 6.07) is 4.10. The second-order valence-electron chi connectivity index (χ2n) is 5.86. The van der Waals surface area contributed by atoms with Gasteiger partial charge in [0, 0.05) is 0 Å². The number of halogens is 1. The van der Waals surface area contributed by atoms with Gasteiger partial charge in [0.25, 0.3) is 0 Å². The van der Waals surface area contributed by atoms with Crippen molar-refractivity contribution in [3.05, 3.63) is 28.3 Å². The van der Waals surface area contributed by atoms with E-state index >= 15 is 0 Å². The number of nitrogens with zero attached hydrogens (tertiary/aromatic N) is 1. The van der Waals surface area contributed by atoms with Crippen LogP contribution in [0.3, 0.4) is 0 Å². The van der Waals surface area contributed by atoms with Gasteiger partial charge in [-0.2, -0.15) is 0 Å².